The zero-order chi connectivity index (χ0) is 22.4. The fraction of sp³-hybridized carbons (Fsp3) is 0.417. The third-order valence-corrected chi connectivity index (χ3v) is 9.15. The second kappa shape index (κ2) is 8.89. The molecule has 0 bridgehead atoms. The second-order valence-electron chi connectivity index (χ2n) is 8.79. The summed E-state index contributed by atoms with van der Waals surface area (Å²) in [5.74, 6) is 2.05. The van der Waals surface area contributed by atoms with E-state index in [1.807, 2.05) is 24.3 Å². The Labute approximate surface area is 204 Å². The molecule has 0 amide bonds. The molecule has 1 N–H and O–H groups in total. The second-order valence-corrected chi connectivity index (χ2v) is 11.2. The number of thioether (sulfide) groups is 1. The van der Waals surface area contributed by atoms with Gasteiger partial charge in [0.25, 0.3) is 5.56 Å². The smallest absolute Gasteiger partial charge is 0.259 e. The minimum atomic E-state index is -0.0102. The van der Waals surface area contributed by atoms with E-state index in [1.165, 1.54) is 29.7 Å². The first-order valence-electron chi connectivity index (χ1n) is 11.5. The van der Waals surface area contributed by atoms with Crippen molar-refractivity contribution in [2.75, 3.05) is 0 Å². The van der Waals surface area contributed by atoms with E-state index >= 15 is 0 Å². The molecule has 0 unspecified atom stereocenters. The van der Waals surface area contributed by atoms with Crippen molar-refractivity contribution >= 4 is 44.9 Å². The van der Waals surface area contributed by atoms with Crippen molar-refractivity contribution in [3.8, 4) is 11.4 Å². The van der Waals surface area contributed by atoms with Crippen molar-refractivity contribution in [2.45, 2.75) is 68.3 Å². The fourth-order valence-electron chi connectivity index (χ4n) is 5.10. The lowest BCUT2D eigenvalue weighted by atomic mass is 9.97. The normalized spacial score (nSPS) is 16.5. The molecule has 2 aliphatic carbocycles. The maximum atomic E-state index is 12.9. The molecule has 1 fully saturated rings. The predicted octanol–water partition coefficient (Wildman–Crippen LogP) is 6.18. The molecule has 1 saturated carbocycles. The zero-order valence-electron chi connectivity index (χ0n) is 18.1. The fourth-order valence-corrected chi connectivity index (χ4v) is 7.48. The van der Waals surface area contributed by atoms with Crippen molar-refractivity contribution in [3.05, 3.63) is 55.9 Å². The van der Waals surface area contributed by atoms with Crippen LogP contribution in [0.4, 0.5) is 0 Å². The summed E-state index contributed by atoms with van der Waals surface area (Å²) in [6.45, 7) is 0. The molecular weight excluding hydrogens is 474 g/mol. The highest BCUT2D eigenvalue weighted by atomic mass is 35.5. The number of nitrogens with zero attached hydrogens (tertiary/aromatic N) is 4. The molecule has 2 aliphatic rings. The Morgan fingerprint density at radius 3 is 2.79 bits per heavy atom. The van der Waals surface area contributed by atoms with Crippen LogP contribution in [-0.2, 0) is 18.6 Å². The Morgan fingerprint density at radius 2 is 1.94 bits per heavy atom. The van der Waals surface area contributed by atoms with E-state index in [0.29, 0.717) is 22.6 Å². The van der Waals surface area contributed by atoms with Crippen LogP contribution in [0, 0.1) is 0 Å². The molecule has 0 aliphatic heterocycles. The van der Waals surface area contributed by atoms with Crippen LogP contribution in [0.25, 0.3) is 21.6 Å². The van der Waals surface area contributed by atoms with Gasteiger partial charge in [0, 0.05) is 16.5 Å². The van der Waals surface area contributed by atoms with Crippen molar-refractivity contribution < 1.29 is 0 Å². The summed E-state index contributed by atoms with van der Waals surface area (Å²) in [4.78, 5) is 23.0. The number of thiophene rings is 1. The largest absolute Gasteiger partial charge is 0.309 e. The molecule has 6 nitrogen and oxygen atoms in total. The number of rotatable bonds is 5. The molecule has 170 valence electrons. The number of hydrogen-bond acceptors (Lipinski definition) is 6. The molecule has 3 heterocycles. The number of aryl methyl sites for hydroxylation is 2. The van der Waals surface area contributed by atoms with Crippen LogP contribution in [0.15, 0.2) is 34.2 Å². The van der Waals surface area contributed by atoms with Crippen LogP contribution >= 0.6 is 34.7 Å². The van der Waals surface area contributed by atoms with E-state index in [-0.39, 0.29) is 5.56 Å². The number of aromatic amines is 1. The Bertz CT molecular complexity index is 1390. The monoisotopic (exact) mass is 497 g/mol. The molecule has 0 atom stereocenters. The predicted molar refractivity (Wildman–Crippen MR) is 134 cm³/mol. The average Bonchev–Trinajstić information content (AvgIpc) is 3.55. The van der Waals surface area contributed by atoms with Crippen LogP contribution in [-0.4, -0.2) is 24.7 Å². The summed E-state index contributed by atoms with van der Waals surface area (Å²) in [5, 5.41) is 11.4. The molecule has 33 heavy (non-hydrogen) atoms. The third kappa shape index (κ3) is 3.92. The van der Waals surface area contributed by atoms with Crippen LogP contribution < -0.4 is 5.56 Å². The van der Waals surface area contributed by atoms with Gasteiger partial charge in [0.2, 0.25) is 0 Å². The topological polar surface area (TPSA) is 76.5 Å². The molecule has 3 aromatic heterocycles. The first-order valence-corrected chi connectivity index (χ1v) is 13.7. The van der Waals surface area contributed by atoms with Crippen molar-refractivity contribution in [2.24, 2.45) is 0 Å². The van der Waals surface area contributed by atoms with E-state index in [9.17, 15) is 4.79 Å². The lowest BCUT2D eigenvalue weighted by Gasteiger charge is -2.17. The van der Waals surface area contributed by atoms with Gasteiger partial charge < -0.3 is 4.98 Å². The highest BCUT2D eigenvalue weighted by Crippen LogP contribution is 2.39. The Kier molecular flexibility index (Phi) is 5.76. The molecule has 6 rings (SSSR count). The molecule has 4 aromatic rings. The minimum Gasteiger partial charge on any atom is -0.309 e. The van der Waals surface area contributed by atoms with E-state index in [0.717, 1.165) is 58.9 Å². The summed E-state index contributed by atoms with van der Waals surface area (Å²) in [7, 11) is 0. The maximum absolute atomic E-state index is 12.9. The van der Waals surface area contributed by atoms with Gasteiger partial charge in [-0.1, -0.05) is 48.3 Å². The summed E-state index contributed by atoms with van der Waals surface area (Å²) < 4.78 is 2.25. The quantitative estimate of drug-likeness (QED) is 0.333. The van der Waals surface area contributed by atoms with Crippen molar-refractivity contribution in [1.29, 1.82) is 0 Å². The highest BCUT2D eigenvalue weighted by Gasteiger charge is 2.26. The number of halogens is 1. The van der Waals surface area contributed by atoms with Crippen LogP contribution in [0.3, 0.4) is 0 Å². The Balaban J connectivity index is 1.33. The van der Waals surface area contributed by atoms with Gasteiger partial charge in [-0.3, -0.25) is 9.36 Å². The molecule has 0 radical (unpaired) electrons. The number of hydrogen-bond donors (Lipinski definition) is 1. The maximum Gasteiger partial charge on any atom is 0.259 e. The summed E-state index contributed by atoms with van der Waals surface area (Å²) in [6, 6.07) is 8.16. The molecule has 9 heteroatoms. The number of fused-ring (bicyclic) bond motifs is 3. The summed E-state index contributed by atoms with van der Waals surface area (Å²) in [5.41, 5.74) is 2.12. The molecule has 0 spiro atoms. The van der Waals surface area contributed by atoms with Gasteiger partial charge >= 0.3 is 0 Å². The van der Waals surface area contributed by atoms with Gasteiger partial charge in [0.1, 0.15) is 10.7 Å². The average molecular weight is 498 g/mol. The lowest BCUT2D eigenvalue weighted by Crippen LogP contribution is -2.13. The third-order valence-electron chi connectivity index (χ3n) is 6.68. The van der Waals surface area contributed by atoms with Gasteiger partial charge in [-0.2, -0.15) is 0 Å². The van der Waals surface area contributed by atoms with E-state index in [4.69, 9.17) is 16.6 Å². The molecular formula is C24H24ClN5OS2. The van der Waals surface area contributed by atoms with Gasteiger partial charge in [-0.15, -0.1) is 21.5 Å². The first-order chi connectivity index (χ1) is 16.2. The van der Waals surface area contributed by atoms with Crippen LogP contribution in [0.2, 0.25) is 5.02 Å². The van der Waals surface area contributed by atoms with Crippen LogP contribution in [0.5, 0.6) is 0 Å². The Morgan fingerprint density at radius 1 is 1.12 bits per heavy atom. The van der Waals surface area contributed by atoms with Crippen molar-refractivity contribution in [3.63, 3.8) is 0 Å². The van der Waals surface area contributed by atoms with Crippen molar-refractivity contribution in [1.82, 2.24) is 24.7 Å². The minimum absolute atomic E-state index is 0.0102. The zero-order valence-corrected chi connectivity index (χ0v) is 20.5. The molecule has 0 saturated heterocycles. The van der Waals surface area contributed by atoms with Gasteiger partial charge in [0.05, 0.1) is 16.2 Å². The molecule has 1 aromatic carbocycles. The van der Waals surface area contributed by atoms with Gasteiger partial charge in [0.15, 0.2) is 11.0 Å². The summed E-state index contributed by atoms with van der Waals surface area (Å²) >= 11 is 9.77. The number of benzene rings is 1. The van der Waals surface area contributed by atoms with E-state index in [1.54, 1.807) is 23.1 Å². The van der Waals surface area contributed by atoms with E-state index < -0.39 is 0 Å². The van der Waals surface area contributed by atoms with Gasteiger partial charge in [-0.25, -0.2) is 4.98 Å². The lowest BCUT2D eigenvalue weighted by molar-refractivity contribution is 0.485. The first kappa shape index (κ1) is 21.4. The number of nitrogens with one attached hydrogen (secondary N) is 1. The SMILES string of the molecule is O=c1[nH]c(CSc2nnc(-c3ccccc3Cl)n2C2CCCC2)nc2sc3c(c12)CCCC3. The Hall–Kier alpha value is -2.16. The van der Waals surface area contributed by atoms with Gasteiger partial charge in [-0.05, 0) is 56.2 Å². The standard InChI is InChI=1S/C24H24ClN5OS2/c25-17-11-5-3-9-15(17)21-28-29-24(30(21)14-7-1-2-8-14)32-13-19-26-22(31)20-16-10-4-6-12-18(16)33-23(20)27-19/h3,5,9,11,14H,1-2,4,6-8,10,12-13H2,(H,26,27,31). The number of aromatic nitrogens is 5. The number of H-pyrrole nitrogens is 1. The highest BCUT2D eigenvalue weighted by molar-refractivity contribution is 7.98. The van der Waals surface area contributed by atoms with Crippen LogP contribution in [0.1, 0.15) is 60.8 Å². The van der Waals surface area contributed by atoms with E-state index in [2.05, 4.69) is 19.7 Å². The summed E-state index contributed by atoms with van der Waals surface area (Å²) in [6.07, 6.45) is 9.06.